The van der Waals surface area contributed by atoms with Crippen molar-refractivity contribution in [3.63, 3.8) is 0 Å². The minimum Gasteiger partial charge on any atom is -0.444 e. The molecule has 0 bridgehead atoms. The number of nitrogens with zero attached hydrogens (tertiary/aromatic N) is 1. The van der Waals surface area contributed by atoms with Crippen molar-refractivity contribution in [1.82, 2.24) is 10.4 Å². The molecular weight excluding hydrogens is 220 g/mol. The summed E-state index contributed by atoms with van der Waals surface area (Å²) in [4.78, 5) is 11.4. The largest absolute Gasteiger partial charge is 0.444 e. The summed E-state index contributed by atoms with van der Waals surface area (Å²) in [6, 6.07) is 9.52. The summed E-state index contributed by atoms with van der Waals surface area (Å²) >= 11 is 0. The van der Waals surface area contributed by atoms with Gasteiger partial charge in [0.15, 0.2) is 0 Å². The lowest BCUT2D eigenvalue weighted by Gasteiger charge is -2.37. The third kappa shape index (κ3) is 3.44. The van der Waals surface area contributed by atoms with Crippen molar-refractivity contribution in [2.24, 2.45) is 5.92 Å². The van der Waals surface area contributed by atoms with Crippen molar-refractivity contribution in [2.45, 2.75) is 6.61 Å². The lowest BCUT2D eigenvalue weighted by atomic mass is 10.0. The van der Waals surface area contributed by atoms with Crippen LogP contribution in [-0.4, -0.2) is 35.9 Å². The summed E-state index contributed by atoms with van der Waals surface area (Å²) in [6.07, 6.45) is -0.453. The van der Waals surface area contributed by atoms with Crippen LogP contribution in [0.25, 0.3) is 0 Å². The molecule has 5 heteroatoms. The van der Waals surface area contributed by atoms with E-state index in [1.807, 2.05) is 30.3 Å². The standard InChI is InChI=1S/C12H16N2O3/c15-8-11-6-14(7-11)13-12(16)17-9-10-4-2-1-3-5-10/h1-5,11,15H,6-9H2,(H,13,16). The van der Waals surface area contributed by atoms with Crippen molar-refractivity contribution in [3.8, 4) is 0 Å². The Kier molecular flexibility index (Phi) is 3.95. The van der Waals surface area contributed by atoms with E-state index < -0.39 is 6.09 Å². The van der Waals surface area contributed by atoms with Crippen LogP contribution in [0.5, 0.6) is 0 Å². The Morgan fingerprint density at radius 2 is 2.12 bits per heavy atom. The van der Waals surface area contributed by atoms with E-state index in [2.05, 4.69) is 5.43 Å². The number of ether oxygens (including phenoxy) is 1. The molecule has 2 rings (SSSR count). The average molecular weight is 236 g/mol. The summed E-state index contributed by atoms with van der Waals surface area (Å²) in [7, 11) is 0. The molecule has 0 unspecified atom stereocenters. The highest BCUT2D eigenvalue weighted by Crippen LogP contribution is 2.11. The first kappa shape index (κ1) is 11.9. The molecule has 0 spiro atoms. The number of hydrogen-bond acceptors (Lipinski definition) is 4. The predicted molar refractivity (Wildman–Crippen MR) is 61.9 cm³/mol. The van der Waals surface area contributed by atoms with Gasteiger partial charge in [-0.05, 0) is 5.56 Å². The maximum absolute atomic E-state index is 11.4. The van der Waals surface area contributed by atoms with Gasteiger partial charge < -0.3 is 9.84 Å². The van der Waals surface area contributed by atoms with Gasteiger partial charge in [-0.25, -0.2) is 9.80 Å². The molecule has 5 nitrogen and oxygen atoms in total. The lowest BCUT2D eigenvalue weighted by Crippen LogP contribution is -2.57. The van der Waals surface area contributed by atoms with E-state index in [4.69, 9.17) is 9.84 Å². The molecule has 92 valence electrons. The number of hydrogen-bond donors (Lipinski definition) is 2. The zero-order chi connectivity index (χ0) is 12.1. The molecule has 2 N–H and O–H groups in total. The van der Waals surface area contributed by atoms with Gasteiger partial charge in [-0.3, -0.25) is 5.43 Å². The zero-order valence-corrected chi connectivity index (χ0v) is 9.50. The lowest BCUT2D eigenvalue weighted by molar-refractivity contribution is 0.00787. The average Bonchev–Trinajstić information content (AvgIpc) is 2.32. The molecule has 0 aliphatic carbocycles. The topological polar surface area (TPSA) is 61.8 Å². The van der Waals surface area contributed by atoms with Crippen LogP contribution in [0.2, 0.25) is 0 Å². The Morgan fingerprint density at radius 3 is 2.76 bits per heavy atom. The van der Waals surface area contributed by atoms with E-state index in [1.54, 1.807) is 5.01 Å². The van der Waals surface area contributed by atoms with Crippen LogP contribution in [0, 0.1) is 5.92 Å². The second-order valence-corrected chi connectivity index (χ2v) is 4.13. The van der Waals surface area contributed by atoms with Gasteiger partial charge in [-0.15, -0.1) is 0 Å². The Bertz CT molecular complexity index is 363. The molecule has 1 amide bonds. The van der Waals surface area contributed by atoms with Gasteiger partial charge in [0.2, 0.25) is 0 Å². The maximum atomic E-state index is 11.4. The quantitative estimate of drug-likeness (QED) is 0.810. The van der Waals surface area contributed by atoms with Crippen LogP contribution in [0.3, 0.4) is 0 Å². The molecule has 1 heterocycles. The van der Waals surface area contributed by atoms with Crippen molar-refractivity contribution >= 4 is 6.09 Å². The second kappa shape index (κ2) is 5.65. The highest BCUT2D eigenvalue weighted by atomic mass is 16.6. The summed E-state index contributed by atoms with van der Waals surface area (Å²) in [5.41, 5.74) is 3.57. The van der Waals surface area contributed by atoms with E-state index in [-0.39, 0.29) is 19.1 Å². The van der Waals surface area contributed by atoms with Crippen LogP contribution in [0.1, 0.15) is 5.56 Å². The van der Waals surface area contributed by atoms with Crippen molar-refractivity contribution < 1.29 is 14.6 Å². The number of amides is 1. The maximum Gasteiger partial charge on any atom is 0.422 e. The van der Waals surface area contributed by atoms with Crippen molar-refractivity contribution in [3.05, 3.63) is 35.9 Å². The number of carbonyl (C=O) groups excluding carboxylic acids is 1. The number of aliphatic hydroxyl groups excluding tert-OH is 1. The van der Waals surface area contributed by atoms with E-state index in [1.165, 1.54) is 0 Å². The number of aliphatic hydroxyl groups is 1. The van der Waals surface area contributed by atoms with Crippen LogP contribution < -0.4 is 5.43 Å². The van der Waals surface area contributed by atoms with Crippen molar-refractivity contribution in [1.29, 1.82) is 0 Å². The zero-order valence-electron chi connectivity index (χ0n) is 9.50. The summed E-state index contributed by atoms with van der Waals surface area (Å²) in [6.45, 7) is 1.79. The Labute approximate surface area is 100.0 Å². The number of hydrazine groups is 1. The Morgan fingerprint density at radius 1 is 1.41 bits per heavy atom. The van der Waals surface area contributed by atoms with Gasteiger partial charge in [-0.2, -0.15) is 0 Å². The summed E-state index contributed by atoms with van der Waals surface area (Å²) in [5.74, 6) is 0.268. The first-order valence-corrected chi connectivity index (χ1v) is 5.61. The third-order valence-electron chi connectivity index (χ3n) is 2.68. The number of benzene rings is 1. The Hall–Kier alpha value is -1.59. The van der Waals surface area contributed by atoms with Gasteiger partial charge in [0.05, 0.1) is 0 Å². The molecule has 1 aromatic rings. The van der Waals surface area contributed by atoms with Gasteiger partial charge in [0, 0.05) is 25.6 Å². The fourth-order valence-electron chi connectivity index (χ4n) is 1.66. The molecule has 0 radical (unpaired) electrons. The molecular formula is C12H16N2O3. The second-order valence-electron chi connectivity index (χ2n) is 4.13. The highest BCUT2D eigenvalue weighted by molar-refractivity contribution is 5.66. The first-order valence-electron chi connectivity index (χ1n) is 5.61. The van der Waals surface area contributed by atoms with E-state index >= 15 is 0 Å². The third-order valence-corrected chi connectivity index (χ3v) is 2.68. The normalized spacial score (nSPS) is 16.3. The minimum atomic E-state index is -0.453. The first-order chi connectivity index (χ1) is 8.28. The molecule has 17 heavy (non-hydrogen) atoms. The molecule has 1 aromatic carbocycles. The smallest absolute Gasteiger partial charge is 0.422 e. The van der Waals surface area contributed by atoms with Gasteiger partial charge in [0.25, 0.3) is 0 Å². The van der Waals surface area contributed by atoms with Gasteiger partial charge in [0.1, 0.15) is 6.61 Å². The molecule has 1 saturated heterocycles. The molecule has 0 aromatic heterocycles. The van der Waals surface area contributed by atoms with E-state index in [0.717, 1.165) is 5.56 Å². The molecule has 0 saturated carbocycles. The van der Waals surface area contributed by atoms with Crippen LogP contribution in [0.15, 0.2) is 30.3 Å². The van der Waals surface area contributed by atoms with E-state index in [9.17, 15) is 4.79 Å². The number of rotatable bonds is 4. The monoisotopic (exact) mass is 236 g/mol. The summed E-state index contributed by atoms with van der Waals surface area (Å²) < 4.78 is 5.05. The fraction of sp³-hybridized carbons (Fsp3) is 0.417. The highest BCUT2D eigenvalue weighted by Gasteiger charge is 2.27. The number of carbonyl (C=O) groups is 1. The van der Waals surface area contributed by atoms with Crippen molar-refractivity contribution in [2.75, 3.05) is 19.7 Å². The molecule has 1 aliphatic heterocycles. The van der Waals surface area contributed by atoms with Crippen LogP contribution >= 0.6 is 0 Å². The molecule has 0 atom stereocenters. The van der Waals surface area contributed by atoms with Gasteiger partial charge >= 0.3 is 6.09 Å². The van der Waals surface area contributed by atoms with Gasteiger partial charge in [-0.1, -0.05) is 30.3 Å². The summed E-state index contributed by atoms with van der Waals surface area (Å²) in [5, 5.41) is 10.5. The minimum absolute atomic E-state index is 0.164. The van der Waals surface area contributed by atoms with Crippen LogP contribution in [0.4, 0.5) is 4.79 Å². The molecule has 1 fully saturated rings. The van der Waals surface area contributed by atoms with Crippen LogP contribution in [-0.2, 0) is 11.3 Å². The number of nitrogens with one attached hydrogen (secondary N) is 1. The fourth-order valence-corrected chi connectivity index (χ4v) is 1.66. The SMILES string of the molecule is O=C(NN1CC(CO)C1)OCc1ccccc1. The predicted octanol–water partition coefficient (Wildman–Crippen LogP) is 0.752. The molecule has 1 aliphatic rings. The Balaban J connectivity index is 1.65. The van der Waals surface area contributed by atoms with E-state index in [0.29, 0.717) is 13.1 Å².